The first kappa shape index (κ1) is 37.6. The van der Waals surface area contributed by atoms with Crippen LogP contribution in [0.25, 0.3) is 0 Å². The van der Waals surface area contributed by atoms with Crippen LogP contribution in [0.2, 0.25) is 15.1 Å². The second-order valence-electron chi connectivity index (χ2n) is 11.7. The number of rotatable bonds is 15. The number of benzene rings is 2. The zero-order chi connectivity index (χ0) is 32.7. The van der Waals surface area contributed by atoms with Crippen LogP contribution in [-0.2, 0) is 14.9 Å². The van der Waals surface area contributed by atoms with Gasteiger partial charge < -0.3 is 0 Å². The summed E-state index contributed by atoms with van der Waals surface area (Å²) in [6.07, 6.45) is 15.5. The minimum atomic E-state index is -3.73. The van der Waals surface area contributed by atoms with E-state index in [4.69, 9.17) is 39.4 Å². The van der Waals surface area contributed by atoms with Crippen LogP contribution in [0.3, 0.4) is 0 Å². The summed E-state index contributed by atoms with van der Waals surface area (Å²) in [5.74, 6) is -0.248. The van der Waals surface area contributed by atoms with Gasteiger partial charge in [-0.05, 0) is 55.2 Å². The Kier molecular flexibility index (Phi) is 16.5. The maximum atomic E-state index is 12.9. The smallest absolute Gasteiger partial charge is 0.281 e. The first-order valence-electron chi connectivity index (χ1n) is 16.2. The van der Waals surface area contributed by atoms with E-state index < -0.39 is 10.1 Å². The zero-order valence-corrected chi connectivity index (χ0v) is 29.3. The number of halogens is 3. The third-order valence-corrected chi connectivity index (χ3v) is 9.55. The molecule has 12 heteroatoms. The summed E-state index contributed by atoms with van der Waals surface area (Å²) in [6.45, 7) is 3.95. The molecule has 1 fully saturated rings. The fraction of sp³-hybridized carbons (Fsp3) is 0.576. The van der Waals surface area contributed by atoms with Gasteiger partial charge in [0, 0.05) is 29.6 Å². The van der Waals surface area contributed by atoms with Gasteiger partial charge in [-0.2, -0.15) is 13.5 Å². The highest BCUT2D eigenvalue weighted by molar-refractivity contribution is 7.85. The second-order valence-corrected chi connectivity index (χ2v) is 14.6. The van der Waals surface area contributed by atoms with E-state index >= 15 is 0 Å². The van der Waals surface area contributed by atoms with E-state index in [9.17, 15) is 13.2 Å². The van der Waals surface area contributed by atoms with E-state index in [1.165, 1.54) is 51.4 Å². The molecule has 0 aliphatic carbocycles. The lowest BCUT2D eigenvalue weighted by atomic mass is 10.0. The van der Waals surface area contributed by atoms with E-state index in [-0.39, 0.29) is 17.7 Å². The lowest BCUT2D eigenvalue weighted by molar-refractivity contribution is -0.119. The maximum Gasteiger partial charge on any atom is 0.281 e. The first-order chi connectivity index (χ1) is 21.6. The van der Waals surface area contributed by atoms with Gasteiger partial charge in [-0.15, -0.1) is 0 Å². The number of hydrazine groups is 1. The number of carbonyl (C=O) groups excluding carboxylic acids is 1. The Labute approximate surface area is 284 Å². The Hall–Kier alpha value is -1.88. The number of anilines is 1. The highest BCUT2D eigenvalue weighted by Crippen LogP contribution is 2.40. The Morgan fingerprint density at radius 3 is 2.02 bits per heavy atom. The van der Waals surface area contributed by atoms with Crippen molar-refractivity contribution < 1.29 is 17.8 Å². The average Bonchev–Trinajstić information content (AvgIpc) is 3.44. The van der Waals surface area contributed by atoms with Crippen molar-refractivity contribution in [3.8, 4) is 0 Å². The van der Waals surface area contributed by atoms with Gasteiger partial charge in [0.05, 0.1) is 22.5 Å². The van der Waals surface area contributed by atoms with Crippen molar-refractivity contribution in [2.45, 2.75) is 103 Å². The largest absolute Gasteiger partial charge is 0.286 e. The zero-order valence-electron chi connectivity index (χ0n) is 26.2. The SMILES string of the molecule is CCCCCCCCCCCCS(=O)(=O)O.O=C(NN1CCCCC1)C1=NN(c2ccc(Cl)cc2Cl)[C@H](c2ccc(Cl)cc2)C1. The molecule has 0 unspecified atom stereocenters. The van der Waals surface area contributed by atoms with E-state index in [0.717, 1.165) is 44.3 Å². The Bertz CT molecular complexity index is 1340. The summed E-state index contributed by atoms with van der Waals surface area (Å²) in [5, 5.41) is 10.1. The van der Waals surface area contributed by atoms with Crippen molar-refractivity contribution in [2.75, 3.05) is 23.9 Å². The maximum absolute atomic E-state index is 12.9. The molecular weight excluding hydrogens is 655 g/mol. The summed E-state index contributed by atoms with van der Waals surface area (Å²) < 4.78 is 29.4. The van der Waals surface area contributed by atoms with E-state index in [2.05, 4.69) is 17.5 Å². The van der Waals surface area contributed by atoms with Crippen LogP contribution in [0, 0.1) is 0 Å². The van der Waals surface area contributed by atoms with Gasteiger partial charge in [0.25, 0.3) is 16.0 Å². The second kappa shape index (κ2) is 19.7. The number of hydrazone groups is 1. The van der Waals surface area contributed by atoms with E-state index in [0.29, 0.717) is 39.3 Å². The van der Waals surface area contributed by atoms with Gasteiger partial charge in [0.2, 0.25) is 0 Å². The number of carbonyl (C=O) groups is 1. The monoisotopic (exact) mass is 700 g/mol. The predicted octanol–water partition coefficient (Wildman–Crippen LogP) is 9.27. The number of hydrogen-bond donors (Lipinski definition) is 2. The van der Waals surface area contributed by atoms with Crippen LogP contribution in [0.5, 0.6) is 0 Å². The normalized spacial score (nSPS) is 17.0. The molecule has 4 rings (SSSR count). The Balaban J connectivity index is 0.000000296. The highest BCUT2D eigenvalue weighted by atomic mass is 35.5. The lowest BCUT2D eigenvalue weighted by Gasteiger charge is -2.26. The van der Waals surface area contributed by atoms with Crippen molar-refractivity contribution in [3.63, 3.8) is 0 Å². The van der Waals surface area contributed by atoms with Crippen LogP contribution in [0.15, 0.2) is 47.6 Å². The number of hydrogen-bond acceptors (Lipinski definition) is 6. The van der Waals surface area contributed by atoms with Gasteiger partial charge in [-0.3, -0.25) is 19.8 Å². The van der Waals surface area contributed by atoms with Crippen LogP contribution in [-0.4, -0.2) is 48.4 Å². The molecule has 0 spiro atoms. The minimum Gasteiger partial charge on any atom is -0.286 e. The standard InChI is InChI=1S/C21H21Cl3N4O.C12H26O3S/c22-15-6-4-14(5-7-15)20-13-18(21(29)26-27-10-2-1-3-11-27)25-28(20)19-9-8-16(23)12-17(19)24;1-2-3-4-5-6-7-8-9-10-11-12-16(13,14)15/h4-9,12,20H,1-3,10-11,13H2,(H,26,29);2-12H2,1H3,(H,13,14,15)/t20-;/m0./s1. The summed E-state index contributed by atoms with van der Waals surface area (Å²) in [6, 6.07) is 12.7. The number of nitrogens with zero attached hydrogens (tertiary/aromatic N) is 3. The number of piperidine rings is 1. The molecule has 250 valence electrons. The third kappa shape index (κ3) is 13.8. The van der Waals surface area contributed by atoms with Crippen molar-refractivity contribution >= 4 is 62.2 Å². The van der Waals surface area contributed by atoms with Crippen LogP contribution in [0.1, 0.15) is 108 Å². The van der Waals surface area contributed by atoms with Gasteiger partial charge in [0.1, 0.15) is 5.71 Å². The van der Waals surface area contributed by atoms with Crippen molar-refractivity contribution in [2.24, 2.45) is 5.10 Å². The quantitative estimate of drug-likeness (QED) is 0.142. The summed E-state index contributed by atoms with van der Waals surface area (Å²) >= 11 is 18.6. The molecule has 0 aromatic heterocycles. The van der Waals surface area contributed by atoms with Crippen LogP contribution in [0.4, 0.5) is 5.69 Å². The predicted molar refractivity (Wildman–Crippen MR) is 187 cm³/mol. The molecule has 2 heterocycles. The molecule has 1 atom stereocenters. The number of nitrogens with one attached hydrogen (secondary N) is 1. The summed E-state index contributed by atoms with van der Waals surface area (Å²) in [4.78, 5) is 12.9. The van der Waals surface area contributed by atoms with Gasteiger partial charge in [-0.1, -0.05) is 118 Å². The molecule has 0 bridgehead atoms. The number of amides is 1. The summed E-state index contributed by atoms with van der Waals surface area (Å²) in [5.41, 5.74) is 5.18. The van der Waals surface area contributed by atoms with E-state index in [1.807, 2.05) is 35.3 Å². The van der Waals surface area contributed by atoms with E-state index in [1.54, 1.807) is 17.1 Å². The first-order valence-corrected chi connectivity index (χ1v) is 18.9. The fourth-order valence-corrected chi connectivity index (χ4v) is 6.66. The molecule has 2 aromatic carbocycles. The third-order valence-electron chi connectivity index (χ3n) is 7.96. The molecule has 2 N–H and O–H groups in total. The molecule has 0 saturated carbocycles. The Morgan fingerprint density at radius 2 is 1.44 bits per heavy atom. The van der Waals surface area contributed by atoms with Crippen molar-refractivity contribution in [3.05, 3.63) is 63.1 Å². The van der Waals surface area contributed by atoms with Gasteiger partial charge >= 0.3 is 0 Å². The molecule has 2 aliphatic rings. The molecule has 1 amide bonds. The molecule has 45 heavy (non-hydrogen) atoms. The summed E-state index contributed by atoms with van der Waals surface area (Å²) in [7, 11) is -3.73. The van der Waals surface area contributed by atoms with Crippen LogP contribution < -0.4 is 10.4 Å². The number of unbranched alkanes of at least 4 members (excludes halogenated alkanes) is 9. The highest BCUT2D eigenvalue weighted by Gasteiger charge is 2.34. The fourth-order valence-electron chi connectivity index (χ4n) is 5.47. The average molecular weight is 702 g/mol. The van der Waals surface area contributed by atoms with Crippen LogP contribution >= 0.6 is 34.8 Å². The minimum absolute atomic E-state index is 0.0799. The van der Waals surface area contributed by atoms with Gasteiger partial charge in [-0.25, -0.2) is 5.01 Å². The molecular formula is C33H47Cl3N4O4S. The molecule has 1 saturated heterocycles. The lowest BCUT2D eigenvalue weighted by Crippen LogP contribution is -2.47. The van der Waals surface area contributed by atoms with Gasteiger partial charge in [0.15, 0.2) is 0 Å². The topological polar surface area (TPSA) is 102 Å². The van der Waals surface area contributed by atoms with Crippen molar-refractivity contribution in [1.29, 1.82) is 0 Å². The Morgan fingerprint density at radius 1 is 0.867 bits per heavy atom. The molecule has 2 aliphatic heterocycles. The molecule has 2 aromatic rings. The van der Waals surface area contributed by atoms with Crippen molar-refractivity contribution in [1.82, 2.24) is 10.4 Å². The molecule has 8 nitrogen and oxygen atoms in total. The molecule has 0 radical (unpaired) electrons.